The third-order valence-corrected chi connectivity index (χ3v) is 4.55. The van der Waals surface area contributed by atoms with Crippen molar-refractivity contribution in [1.82, 2.24) is 0 Å². The van der Waals surface area contributed by atoms with Crippen molar-refractivity contribution in [2.45, 2.75) is 32.1 Å². The molecule has 0 aromatic heterocycles. The van der Waals surface area contributed by atoms with E-state index in [1.807, 2.05) is 13.8 Å². The van der Waals surface area contributed by atoms with Crippen LogP contribution in [0.2, 0.25) is 0 Å². The fourth-order valence-corrected chi connectivity index (χ4v) is 3.11. The molecule has 0 bridgehead atoms. The van der Waals surface area contributed by atoms with Crippen LogP contribution in [0.15, 0.2) is 23.2 Å². The number of rotatable bonds is 5. The first-order valence-electron chi connectivity index (χ1n) is 7.05. The van der Waals surface area contributed by atoms with Gasteiger partial charge in [-0.2, -0.15) is 5.26 Å². The molecule has 5 nitrogen and oxygen atoms in total. The average Bonchev–Trinajstić information content (AvgIpc) is 2.87. The molecule has 2 atom stereocenters. The number of benzene rings is 1. The van der Waals surface area contributed by atoms with Gasteiger partial charge >= 0.3 is 51.4 Å². The van der Waals surface area contributed by atoms with Gasteiger partial charge in [0.15, 0.2) is 0 Å². The van der Waals surface area contributed by atoms with Crippen LogP contribution in [0.25, 0.3) is 0 Å². The minimum Gasteiger partial charge on any atom is -0.549 e. The maximum atomic E-state index is 11.0. The summed E-state index contributed by atoms with van der Waals surface area (Å²) < 4.78 is 5.61. The number of carboxylic acids is 1. The van der Waals surface area contributed by atoms with Gasteiger partial charge in [-0.3, -0.25) is 4.99 Å². The normalized spacial score (nSPS) is 19.7. The standard InChI is InChI=1S/C16H18N2O3S.K/c1-9(2)8-21-13-5-4-11(6-12(13)7-17)15-18-10(3)14(22-15)16(19)20;/h4-6,9-10,14H,8H2,1-3H3,(H,19,20);/q;+1/p-1. The second-order valence-electron chi connectivity index (χ2n) is 5.56. The van der Waals surface area contributed by atoms with Crippen LogP contribution in [-0.2, 0) is 4.79 Å². The topological polar surface area (TPSA) is 85.5 Å². The molecule has 0 fully saturated rings. The smallest absolute Gasteiger partial charge is 0.549 e. The fraction of sp³-hybridized carbons (Fsp3) is 0.438. The number of carbonyl (C=O) groups is 1. The number of nitrogens with zero attached hydrogens (tertiary/aromatic N) is 2. The zero-order valence-electron chi connectivity index (χ0n) is 13.7. The fourth-order valence-electron chi connectivity index (χ4n) is 2.02. The molecular formula is C16H17KN2O3S. The van der Waals surface area contributed by atoms with Crippen LogP contribution in [-0.4, -0.2) is 28.9 Å². The van der Waals surface area contributed by atoms with Crippen LogP contribution in [0.4, 0.5) is 0 Å². The summed E-state index contributed by atoms with van der Waals surface area (Å²) in [6, 6.07) is 6.99. The molecule has 2 rings (SSSR count). The molecule has 23 heavy (non-hydrogen) atoms. The van der Waals surface area contributed by atoms with Crippen LogP contribution in [0.1, 0.15) is 31.9 Å². The van der Waals surface area contributed by atoms with E-state index in [1.54, 1.807) is 25.1 Å². The first kappa shape index (κ1) is 20.7. The molecule has 2 unspecified atom stereocenters. The molecule has 0 radical (unpaired) electrons. The Morgan fingerprint density at radius 1 is 1.52 bits per heavy atom. The maximum absolute atomic E-state index is 11.0. The first-order chi connectivity index (χ1) is 10.4. The zero-order valence-corrected chi connectivity index (χ0v) is 17.6. The second-order valence-corrected chi connectivity index (χ2v) is 6.69. The molecule has 0 aliphatic carbocycles. The number of carboxylic acid groups (broad SMARTS) is 1. The van der Waals surface area contributed by atoms with Crippen molar-refractivity contribution in [1.29, 1.82) is 5.26 Å². The molecule has 7 heteroatoms. The summed E-state index contributed by atoms with van der Waals surface area (Å²) in [6.45, 7) is 6.34. The number of aliphatic carboxylic acids is 1. The van der Waals surface area contributed by atoms with E-state index in [0.29, 0.717) is 28.9 Å². The SMILES string of the molecule is CC(C)COc1ccc(C2=NC(C)C(C(=O)[O-])S2)cc1C#N.[K+]. The van der Waals surface area contributed by atoms with E-state index >= 15 is 0 Å². The minimum atomic E-state index is -1.12. The molecule has 0 amide bonds. The molecule has 1 heterocycles. The van der Waals surface area contributed by atoms with E-state index in [0.717, 1.165) is 17.3 Å². The molecule has 1 aromatic rings. The Morgan fingerprint density at radius 2 is 2.22 bits per heavy atom. The van der Waals surface area contributed by atoms with Gasteiger partial charge in [-0.15, -0.1) is 0 Å². The third kappa shape index (κ3) is 5.31. The van der Waals surface area contributed by atoms with E-state index < -0.39 is 11.2 Å². The largest absolute Gasteiger partial charge is 1.00 e. The quantitative estimate of drug-likeness (QED) is 0.606. The Labute approximate surface area is 182 Å². The second kappa shape index (κ2) is 9.21. The predicted molar refractivity (Wildman–Crippen MR) is 83.9 cm³/mol. The molecule has 1 aromatic carbocycles. The number of aliphatic imine (C=N–C) groups is 1. The number of carbonyl (C=O) groups excluding carboxylic acids is 1. The maximum Gasteiger partial charge on any atom is 1.00 e. The van der Waals surface area contributed by atoms with E-state index in [-0.39, 0.29) is 57.4 Å². The summed E-state index contributed by atoms with van der Waals surface area (Å²) in [4.78, 5) is 15.4. The Morgan fingerprint density at radius 3 is 2.74 bits per heavy atom. The van der Waals surface area contributed by atoms with Gasteiger partial charge in [0.2, 0.25) is 0 Å². The molecule has 0 saturated carbocycles. The van der Waals surface area contributed by atoms with E-state index in [4.69, 9.17) is 4.74 Å². The number of thioether (sulfide) groups is 1. The van der Waals surface area contributed by atoms with Crippen molar-refractivity contribution in [2.24, 2.45) is 10.9 Å². The van der Waals surface area contributed by atoms with Gasteiger partial charge in [0.05, 0.1) is 34.5 Å². The van der Waals surface area contributed by atoms with Crippen molar-refractivity contribution in [3.63, 3.8) is 0 Å². The van der Waals surface area contributed by atoms with Gasteiger partial charge in [-0.1, -0.05) is 25.6 Å². The predicted octanol–water partition coefficient (Wildman–Crippen LogP) is -1.40. The van der Waals surface area contributed by atoms with Gasteiger partial charge in [0.25, 0.3) is 0 Å². The van der Waals surface area contributed by atoms with Crippen LogP contribution in [0.3, 0.4) is 0 Å². The van der Waals surface area contributed by atoms with Gasteiger partial charge in [0.1, 0.15) is 11.8 Å². The average molecular weight is 356 g/mol. The monoisotopic (exact) mass is 356 g/mol. The molecule has 1 aliphatic rings. The molecular weight excluding hydrogens is 339 g/mol. The van der Waals surface area contributed by atoms with Crippen molar-refractivity contribution >= 4 is 22.8 Å². The molecule has 0 saturated heterocycles. The number of hydrogen-bond donors (Lipinski definition) is 0. The summed E-state index contributed by atoms with van der Waals surface area (Å²) in [7, 11) is 0. The Bertz CT molecular complexity index is 655. The van der Waals surface area contributed by atoms with Crippen molar-refractivity contribution in [3.05, 3.63) is 29.3 Å². The summed E-state index contributed by atoms with van der Waals surface area (Å²) in [5.74, 6) is -0.215. The molecule has 0 spiro atoms. The van der Waals surface area contributed by atoms with Crippen LogP contribution < -0.4 is 61.2 Å². The van der Waals surface area contributed by atoms with E-state index in [1.165, 1.54) is 0 Å². The molecule has 1 aliphatic heterocycles. The van der Waals surface area contributed by atoms with E-state index in [2.05, 4.69) is 11.1 Å². The minimum absolute atomic E-state index is 0. The number of nitriles is 1. The Hall–Kier alpha value is -0.364. The van der Waals surface area contributed by atoms with Crippen molar-refractivity contribution < 1.29 is 66.0 Å². The third-order valence-electron chi connectivity index (χ3n) is 3.15. The van der Waals surface area contributed by atoms with Crippen molar-refractivity contribution in [2.75, 3.05) is 6.61 Å². The number of hydrogen-bond acceptors (Lipinski definition) is 6. The van der Waals surface area contributed by atoms with Gasteiger partial charge in [-0.05, 0) is 31.0 Å². The van der Waals surface area contributed by atoms with Crippen LogP contribution in [0.5, 0.6) is 5.75 Å². The number of ether oxygens (including phenoxy) is 1. The van der Waals surface area contributed by atoms with Crippen molar-refractivity contribution in [3.8, 4) is 11.8 Å². The Kier molecular flexibility index (Phi) is 8.28. The summed E-state index contributed by atoms with van der Waals surface area (Å²) in [5.41, 5.74) is 1.15. The van der Waals surface area contributed by atoms with Gasteiger partial charge in [0, 0.05) is 5.56 Å². The van der Waals surface area contributed by atoms with Gasteiger partial charge < -0.3 is 14.6 Å². The van der Waals surface area contributed by atoms with E-state index in [9.17, 15) is 15.2 Å². The summed E-state index contributed by atoms with van der Waals surface area (Å²) in [5, 5.41) is 20.2. The first-order valence-corrected chi connectivity index (χ1v) is 7.93. The summed E-state index contributed by atoms with van der Waals surface area (Å²) in [6.07, 6.45) is 0. The Balaban J connectivity index is 0.00000264. The summed E-state index contributed by atoms with van der Waals surface area (Å²) >= 11 is 1.16. The van der Waals surface area contributed by atoms with Gasteiger partial charge in [-0.25, -0.2) is 0 Å². The van der Waals surface area contributed by atoms with Crippen LogP contribution >= 0.6 is 11.8 Å². The molecule has 0 N–H and O–H groups in total. The van der Waals surface area contributed by atoms with Crippen LogP contribution in [0, 0.1) is 17.2 Å². The zero-order chi connectivity index (χ0) is 16.3. The molecule has 116 valence electrons.